The molecule has 4 atom stereocenters. The molecule has 2 aromatic carbocycles. The van der Waals surface area contributed by atoms with Crippen molar-refractivity contribution in [3.63, 3.8) is 0 Å². The van der Waals surface area contributed by atoms with Crippen LogP contribution in [0, 0.1) is 0 Å². The van der Waals surface area contributed by atoms with Crippen molar-refractivity contribution in [1.29, 1.82) is 0 Å². The highest BCUT2D eigenvalue weighted by atomic mass is 35.5. The molecule has 2 aromatic heterocycles. The summed E-state index contributed by atoms with van der Waals surface area (Å²) in [7, 11) is 0. The first-order valence-electron chi connectivity index (χ1n) is 11.2. The van der Waals surface area contributed by atoms with Crippen molar-refractivity contribution in [1.82, 2.24) is 19.5 Å². The van der Waals surface area contributed by atoms with Gasteiger partial charge in [0.25, 0.3) is 0 Å². The second kappa shape index (κ2) is 9.75. The number of carbonyl (C=O) groups is 2. The van der Waals surface area contributed by atoms with E-state index in [0.717, 1.165) is 0 Å². The number of hydrogen-bond donors (Lipinski definition) is 1. The second-order valence-electron chi connectivity index (χ2n) is 8.53. The number of fused-ring (bicyclic) bond motifs is 1. The Morgan fingerprint density at radius 3 is 2.35 bits per heavy atom. The minimum Gasteiger partial charge on any atom is -0.459 e. The second-order valence-corrected chi connectivity index (χ2v) is 8.89. The van der Waals surface area contributed by atoms with E-state index in [9.17, 15) is 9.59 Å². The van der Waals surface area contributed by atoms with E-state index in [1.165, 1.54) is 17.8 Å². The largest absolute Gasteiger partial charge is 0.459 e. The van der Waals surface area contributed by atoms with Crippen LogP contribution in [0.4, 0.5) is 10.3 Å². The zero-order valence-corrected chi connectivity index (χ0v) is 20.2. The number of anilines is 1. The standard InChI is InChI=1S/C25H21ClFN5O5/c1-25(27)18(37-22(34)15-10-6-3-7-11-15)16(12-35-21(33)14-8-4-2-5-9-14)36-23(25)32-13-29-17-19(26)30-24(28)31-20(17)32/h2-11,13,16,18,23H,12H2,1H3,(H2,28,30,31)/t16-,18?,23-,25-/m1/s1. The van der Waals surface area contributed by atoms with Crippen LogP contribution in [-0.4, -0.2) is 55.9 Å². The molecule has 0 spiro atoms. The number of aromatic nitrogens is 4. The molecule has 4 aromatic rings. The van der Waals surface area contributed by atoms with Crippen LogP contribution in [0.25, 0.3) is 11.2 Å². The van der Waals surface area contributed by atoms with Crippen molar-refractivity contribution in [3.8, 4) is 0 Å². The monoisotopic (exact) mass is 525 g/mol. The molecule has 37 heavy (non-hydrogen) atoms. The van der Waals surface area contributed by atoms with Gasteiger partial charge in [-0.25, -0.2) is 19.0 Å². The molecule has 0 saturated carbocycles. The SMILES string of the molecule is C[C@@]1(F)C(OC(=O)c2ccccc2)[C@@H](COC(=O)c2ccccc2)O[C@H]1n1cnc2c(Cl)nc(N)nc21. The molecule has 3 heterocycles. The van der Waals surface area contributed by atoms with Gasteiger partial charge < -0.3 is 19.9 Å². The summed E-state index contributed by atoms with van der Waals surface area (Å²) in [5, 5.41) is -0.0137. The van der Waals surface area contributed by atoms with Crippen LogP contribution in [0.2, 0.25) is 5.15 Å². The average molecular weight is 526 g/mol. The minimum absolute atomic E-state index is 0.0137. The molecule has 0 aliphatic carbocycles. The summed E-state index contributed by atoms with van der Waals surface area (Å²) in [4.78, 5) is 37.5. The first kappa shape index (κ1) is 24.6. The van der Waals surface area contributed by atoms with Crippen LogP contribution >= 0.6 is 11.6 Å². The van der Waals surface area contributed by atoms with E-state index in [0.29, 0.717) is 5.56 Å². The minimum atomic E-state index is -2.31. The van der Waals surface area contributed by atoms with E-state index in [1.54, 1.807) is 60.7 Å². The van der Waals surface area contributed by atoms with Crippen LogP contribution < -0.4 is 5.73 Å². The number of rotatable bonds is 6. The maximum Gasteiger partial charge on any atom is 0.338 e. The lowest BCUT2D eigenvalue weighted by Gasteiger charge is -2.27. The fraction of sp³-hybridized carbons (Fsp3) is 0.240. The predicted octanol–water partition coefficient (Wildman–Crippen LogP) is 3.77. The lowest BCUT2D eigenvalue weighted by atomic mass is 9.98. The van der Waals surface area contributed by atoms with E-state index in [-0.39, 0.29) is 34.4 Å². The molecule has 5 rings (SSSR count). The molecule has 10 nitrogen and oxygen atoms in total. The van der Waals surface area contributed by atoms with Crippen molar-refractivity contribution >= 4 is 40.7 Å². The molecule has 1 saturated heterocycles. The van der Waals surface area contributed by atoms with Gasteiger partial charge in [0.05, 0.1) is 17.5 Å². The Morgan fingerprint density at radius 2 is 1.70 bits per heavy atom. The van der Waals surface area contributed by atoms with Crippen molar-refractivity contribution in [2.24, 2.45) is 0 Å². The van der Waals surface area contributed by atoms with Gasteiger partial charge >= 0.3 is 11.9 Å². The van der Waals surface area contributed by atoms with Crippen LogP contribution in [0.15, 0.2) is 67.0 Å². The Morgan fingerprint density at radius 1 is 1.08 bits per heavy atom. The van der Waals surface area contributed by atoms with Gasteiger partial charge in [-0.15, -0.1) is 0 Å². The van der Waals surface area contributed by atoms with Crippen LogP contribution in [0.5, 0.6) is 0 Å². The van der Waals surface area contributed by atoms with Crippen molar-refractivity contribution < 1.29 is 28.2 Å². The summed E-state index contributed by atoms with van der Waals surface area (Å²) in [6.45, 7) is 0.832. The topological polar surface area (TPSA) is 131 Å². The molecule has 2 N–H and O–H groups in total. The van der Waals surface area contributed by atoms with Crippen molar-refractivity contribution in [2.45, 2.75) is 31.0 Å². The molecular weight excluding hydrogens is 505 g/mol. The normalized spacial score (nSPS) is 23.2. The fourth-order valence-electron chi connectivity index (χ4n) is 4.17. The van der Waals surface area contributed by atoms with Gasteiger partial charge in [0.1, 0.15) is 18.2 Å². The Labute approximate surface area is 215 Å². The smallest absolute Gasteiger partial charge is 0.338 e. The zero-order valence-electron chi connectivity index (χ0n) is 19.5. The number of hydrogen-bond acceptors (Lipinski definition) is 9. The van der Waals surface area contributed by atoms with Gasteiger partial charge in [0.15, 0.2) is 28.8 Å². The number of nitrogen functional groups attached to an aromatic ring is 1. The molecule has 1 fully saturated rings. The highest BCUT2D eigenvalue weighted by Gasteiger charge is 2.58. The number of imidazole rings is 1. The van der Waals surface area contributed by atoms with Gasteiger partial charge in [-0.3, -0.25) is 4.57 Å². The third-order valence-electron chi connectivity index (χ3n) is 5.96. The molecule has 0 bridgehead atoms. The zero-order chi connectivity index (χ0) is 26.2. The third-order valence-corrected chi connectivity index (χ3v) is 6.22. The number of halogens is 2. The first-order chi connectivity index (χ1) is 17.8. The van der Waals surface area contributed by atoms with Crippen molar-refractivity contribution in [3.05, 3.63) is 83.3 Å². The van der Waals surface area contributed by atoms with E-state index in [2.05, 4.69) is 15.0 Å². The predicted molar refractivity (Wildman–Crippen MR) is 131 cm³/mol. The van der Waals surface area contributed by atoms with Gasteiger partial charge in [-0.1, -0.05) is 48.0 Å². The summed E-state index contributed by atoms with van der Waals surface area (Å²) >= 11 is 6.12. The molecule has 1 aliphatic rings. The highest BCUT2D eigenvalue weighted by molar-refractivity contribution is 6.33. The number of nitrogens with zero attached hydrogens (tertiary/aromatic N) is 4. The van der Waals surface area contributed by atoms with E-state index >= 15 is 4.39 Å². The van der Waals surface area contributed by atoms with Crippen LogP contribution in [0.3, 0.4) is 0 Å². The van der Waals surface area contributed by atoms with Crippen LogP contribution in [-0.2, 0) is 14.2 Å². The van der Waals surface area contributed by atoms with Gasteiger partial charge in [0, 0.05) is 0 Å². The molecule has 0 amide bonds. The lowest BCUT2D eigenvalue weighted by molar-refractivity contribution is -0.0611. The Kier molecular flexibility index (Phi) is 6.48. The van der Waals surface area contributed by atoms with Gasteiger partial charge in [0.2, 0.25) is 5.95 Å². The molecule has 190 valence electrons. The van der Waals surface area contributed by atoms with E-state index < -0.39 is 36.0 Å². The van der Waals surface area contributed by atoms with Crippen LogP contribution in [0.1, 0.15) is 33.9 Å². The molecule has 12 heteroatoms. The lowest BCUT2D eigenvalue weighted by Crippen LogP contribution is -2.44. The summed E-state index contributed by atoms with van der Waals surface area (Å²) in [6, 6.07) is 16.4. The molecule has 1 unspecified atom stereocenters. The third kappa shape index (κ3) is 4.70. The quantitative estimate of drug-likeness (QED) is 0.295. The number of benzene rings is 2. The van der Waals surface area contributed by atoms with Gasteiger partial charge in [-0.2, -0.15) is 9.97 Å². The summed E-state index contributed by atoms with van der Waals surface area (Å²) in [6.07, 6.45) is -2.72. The Hall–Kier alpha value is -4.09. The Balaban J connectivity index is 1.47. The number of ether oxygens (including phenoxy) is 3. The molecular formula is C25H21ClFN5O5. The fourth-order valence-corrected chi connectivity index (χ4v) is 4.39. The van der Waals surface area contributed by atoms with E-state index in [4.69, 9.17) is 31.5 Å². The number of alkyl halides is 1. The number of nitrogens with two attached hydrogens (primary N) is 1. The maximum absolute atomic E-state index is 16.5. The molecule has 1 aliphatic heterocycles. The van der Waals surface area contributed by atoms with E-state index in [1.807, 2.05) is 0 Å². The first-order valence-corrected chi connectivity index (χ1v) is 11.6. The number of carbonyl (C=O) groups excluding carboxylic acids is 2. The maximum atomic E-state index is 16.5. The van der Waals surface area contributed by atoms with Gasteiger partial charge in [-0.05, 0) is 31.2 Å². The summed E-state index contributed by atoms with van der Waals surface area (Å²) < 4.78 is 34.8. The number of esters is 2. The van der Waals surface area contributed by atoms with Crippen molar-refractivity contribution in [2.75, 3.05) is 12.3 Å². The highest BCUT2D eigenvalue weighted by Crippen LogP contribution is 2.44. The Bertz CT molecular complexity index is 1450. The average Bonchev–Trinajstić information content (AvgIpc) is 3.41. The summed E-state index contributed by atoms with van der Waals surface area (Å²) in [5.41, 5.74) is 4.26. The molecule has 0 radical (unpaired) electrons. The summed E-state index contributed by atoms with van der Waals surface area (Å²) in [5.74, 6) is -1.54.